The van der Waals surface area contributed by atoms with Crippen LogP contribution >= 0.6 is 11.3 Å². The van der Waals surface area contributed by atoms with Crippen molar-refractivity contribution in [2.24, 2.45) is 0 Å². The number of aliphatic hydroxyl groups excluding tert-OH is 1. The van der Waals surface area contributed by atoms with Crippen LogP contribution in [0.2, 0.25) is 0 Å². The second kappa shape index (κ2) is 13.7. The van der Waals surface area contributed by atoms with Crippen LogP contribution in [-0.2, 0) is 4.74 Å². The Labute approximate surface area is 258 Å². The largest absolute Gasteiger partial charge is 0.453 e. The molecule has 3 amide bonds. The van der Waals surface area contributed by atoms with E-state index in [4.69, 9.17) is 14.6 Å². The van der Waals surface area contributed by atoms with Crippen LogP contribution in [0, 0.1) is 5.82 Å². The van der Waals surface area contributed by atoms with Gasteiger partial charge in [-0.2, -0.15) is 0 Å². The van der Waals surface area contributed by atoms with Gasteiger partial charge < -0.3 is 30.1 Å². The lowest BCUT2D eigenvalue weighted by atomic mass is 10.2. The molecule has 3 heterocycles. The number of fused-ring (bicyclic) bond motifs is 1. The number of nitrogens with zero attached hydrogens (tertiary/aromatic N) is 3. The van der Waals surface area contributed by atoms with Gasteiger partial charge in [0, 0.05) is 56.7 Å². The van der Waals surface area contributed by atoms with Gasteiger partial charge in [-0.15, -0.1) is 11.3 Å². The smallest absolute Gasteiger partial charge is 0.319 e. The Morgan fingerprint density at radius 2 is 1.86 bits per heavy atom. The van der Waals surface area contributed by atoms with Gasteiger partial charge in [0.25, 0.3) is 5.91 Å². The molecule has 2 aromatic carbocycles. The van der Waals surface area contributed by atoms with Gasteiger partial charge in [0.1, 0.15) is 5.75 Å². The average molecular weight is 620 g/mol. The van der Waals surface area contributed by atoms with Crippen LogP contribution in [0.25, 0.3) is 20.7 Å². The number of pyridine rings is 1. The van der Waals surface area contributed by atoms with Crippen LogP contribution in [0.15, 0.2) is 60.8 Å². The van der Waals surface area contributed by atoms with E-state index in [1.807, 2.05) is 29.2 Å². The summed E-state index contributed by atoms with van der Waals surface area (Å²) in [4.78, 5) is 34.7. The van der Waals surface area contributed by atoms with Crippen LogP contribution < -0.4 is 15.4 Å². The van der Waals surface area contributed by atoms with Gasteiger partial charge in [-0.1, -0.05) is 12.1 Å². The number of aromatic nitrogens is 1. The minimum atomic E-state index is -0.585. The number of urea groups is 1. The van der Waals surface area contributed by atoms with Crippen LogP contribution in [-0.4, -0.2) is 90.4 Å². The molecule has 0 radical (unpaired) electrons. The molecule has 12 heteroatoms. The summed E-state index contributed by atoms with van der Waals surface area (Å²) in [6, 6.07) is 15.4. The van der Waals surface area contributed by atoms with Gasteiger partial charge in [0.2, 0.25) is 0 Å². The molecule has 2 aromatic heterocycles. The molecule has 1 aliphatic carbocycles. The summed E-state index contributed by atoms with van der Waals surface area (Å²) in [6.45, 7) is 4.51. The molecule has 6 rings (SSSR count). The van der Waals surface area contributed by atoms with Crippen molar-refractivity contribution >= 4 is 39.0 Å². The number of aliphatic hydroxyl groups is 1. The predicted octanol–water partition coefficient (Wildman–Crippen LogP) is 4.95. The van der Waals surface area contributed by atoms with E-state index < -0.39 is 5.82 Å². The van der Waals surface area contributed by atoms with Crippen molar-refractivity contribution in [3.8, 4) is 22.1 Å². The molecule has 1 saturated carbocycles. The molecular formula is C32H34FN5O5S. The zero-order chi connectivity index (χ0) is 30.5. The lowest BCUT2D eigenvalue weighted by Crippen LogP contribution is -2.49. The minimum Gasteiger partial charge on any atom is -0.453 e. The monoisotopic (exact) mass is 619 g/mol. The van der Waals surface area contributed by atoms with Crippen molar-refractivity contribution in [2.45, 2.75) is 18.9 Å². The summed E-state index contributed by atoms with van der Waals surface area (Å²) in [5.74, 6) is -0.0642. The van der Waals surface area contributed by atoms with Crippen molar-refractivity contribution in [3.05, 3.63) is 72.2 Å². The normalized spacial score (nSPS) is 15.4. The number of carbonyl (C=O) groups is 2. The number of nitrogens with one attached hydrogen (secondary N) is 2. The molecule has 0 bridgehead atoms. The maximum Gasteiger partial charge on any atom is 0.319 e. The van der Waals surface area contributed by atoms with Crippen LogP contribution in [0.3, 0.4) is 0 Å². The number of hydrogen-bond donors (Lipinski definition) is 3. The first-order valence-electron chi connectivity index (χ1n) is 14.7. The standard InChI is InChI=1S/C32H34FN5O5S/c33-25-19-24(36-32(41)35-23-5-6-23)7-9-27(25)43-28-3-1-2-21-18-29(44-30(21)28)26-8-4-22(20-34-26)31(40)38-12-10-37(11-13-38)14-16-42-17-15-39/h1-4,7-9,18-20,23,39H,5-6,10-17H2,(H2,35,36,41). The van der Waals surface area contributed by atoms with Gasteiger partial charge in [-0.25, -0.2) is 9.18 Å². The molecule has 0 unspecified atom stereocenters. The number of benzene rings is 2. The maximum atomic E-state index is 14.9. The second-order valence-corrected chi connectivity index (χ2v) is 11.9. The average Bonchev–Trinajstić information content (AvgIpc) is 3.74. The Morgan fingerprint density at radius 3 is 2.59 bits per heavy atom. The SMILES string of the molecule is O=C(Nc1ccc(Oc2cccc3cc(-c4ccc(C(=O)N5CCN(CCOCCO)CC5)cn4)sc23)c(F)c1)NC1CC1. The van der Waals surface area contributed by atoms with E-state index in [1.165, 1.54) is 23.5 Å². The highest BCUT2D eigenvalue weighted by Gasteiger charge is 2.24. The summed E-state index contributed by atoms with van der Waals surface area (Å²) in [5.41, 5.74) is 1.62. The Balaban J connectivity index is 1.09. The number of amides is 3. The molecule has 230 valence electrons. The zero-order valence-corrected chi connectivity index (χ0v) is 24.9. The van der Waals surface area contributed by atoms with Crippen molar-refractivity contribution in [1.29, 1.82) is 0 Å². The topological polar surface area (TPSA) is 116 Å². The quantitative estimate of drug-likeness (QED) is 0.204. The molecule has 10 nitrogen and oxygen atoms in total. The zero-order valence-electron chi connectivity index (χ0n) is 24.1. The third kappa shape index (κ3) is 7.33. The van der Waals surface area contributed by atoms with Gasteiger partial charge in [-0.05, 0) is 54.6 Å². The fraction of sp³-hybridized carbons (Fsp3) is 0.344. The molecule has 3 N–H and O–H groups in total. The summed E-state index contributed by atoms with van der Waals surface area (Å²) in [6.07, 6.45) is 3.55. The highest BCUT2D eigenvalue weighted by molar-refractivity contribution is 7.22. The molecule has 0 spiro atoms. The summed E-state index contributed by atoms with van der Waals surface area (Å²) in [7, 11) is 0. The second-order valence-electron chi connectivity index (χ2n) is 10.8. The molecule has 1 saturated heterocycles. The number of halogens is 1. The number of hydrogen-bond acceptors (Lipinski definition) is 8. The van der Waals surface area contributed by atoms with Crippen molar-refractivity contribution in [1.82, 2.24) is 20.1 Å². The molecule has 0 atom stereocenters. The van der Waals surface area contributed by atoms with E-state index in [9.17, 15) is 14.0 Å². The Morgan fingerprint density at radius 1 is 1.02 bits per heavy atom. The van der Waals surface area contributed by atoms with Gasteiger partial charge >= 0.3 is 6.03 Å². The third-order valence-corrected chi connectivity index (χ3v) is 8.73. The van der Waals surface area contributed by atoms with Crippen LogP contribution in [0.5, 0.6) is 11.5 Å². The van der Waals surface area contributed by atoms with Crippen molar-refractivity contribution < 1.29 is 28.6 Å². The molecule has 44 heavy (non-hydrogen) atoms. The Hall–Kier alpha value is -4.10. The lowest BCUT2D eigenvalue weighted by molar-refractivity contribution is 0.0486. The summed E-state index contributed by atoms with van der Waals surface area (Å²) < 4.78 is 27.1. The predicted molar refractivity (Wildman–Crippen MR) is 167 cm³/mol. The summed E-state index contributed by atoms with van der Waals surface area (Å²) >= 11 is 1.48. The third-order valence-electron chi connectivity index (χ3n) is 7.54. The molecular weight excluding hydrogens is 585 g/mol. The molecule has 2 fully saturated rings. The van der Waals surface area contributed by atoms with Crippen molar-refractivity contribution in [2.75, 3.05) is 57.9 Å². The molecule has 4 aromatic rings. The van der Waals surface area contributed by atoms with E-state index in [-0.39, 0.29) is 30.3 Å². The summed E-state index contributed by atoms with van der Waals surface area (Å²) in [5, 5.41) is 15.2. The van der Waals surface area contributed by atoms with E-state index >= 15 is 0 Å². The van der Waals surface area contributed by atoms with E-state index in [1.54, 1.807) is 24.4 Å². The highest BCUT2D eigenvalue weighted by Crippen LogP contribution is 2.40. The van der Waals surface area contributed by atoms with Crippen LogP contribution in [0.4, 0.5) is 14.9 Å². The van der Waals surface area contributed by atoms with Crippen LogP contribution in [0.1, 0.15) is 23.2 Å². The first-order chi connectivity index (χ1) is 21.5. The number of carbonyl (C=O) groups excluding carboxylic acids is 2. The Bertz CT molecular complexity index is 1620. The Kier molecular flexibility index (Phi) is 9.31. The first kappa shape index (κ1) is 29.9. The minimum absolute atomic E-state index is 0.0199. The van der Waals surface area contributed by atoms with E-state index in [2.05, 4.69) is 20.5 Å². The van der Waals surface area contributed by atoms with E-state index in [0.29, 0.717) is 43.3 Å². The van der Waals surface area contributed by atoms with Gasteiger partial charge in [0.15, 0.2) is 11.6 Å². The lowest BCUT2D eigenvalue weighted by Gasteiger charge is -2.34. The highest BCUT2D eigenvalue weighted by atomic mass is 32.1. The number of ether oxygens (including phenoxy) is 2. The number of thiophene rings is 1. The number of anilines is 1. The molecule has 2 aliphatic rings. The first-order valence-corrected chi connectivity index (χ1v) is 15.5. The van der Waals surface area contributed by atoms with Gasteiger partial charge in [-0.3, -0.25) is 14.7 Å². The fourth-order valence-electron chi connectivity index (χ4n) is 4.99. The molecule has 1 aliphatic heterocycles. The maximum absolute atomic E-state index is 14.9. The number of rotatable bonds is 11. The fourth-order valence-corrected chi connectivity index (χ4v) is 6.07. The number of piperazine rings is 1. The van der Waals surface area contributed by atoms with E-state index in [0.717, 1.165) is 53.1 Å². The van der Waals surface area contributed by atoms with Crippen molar-refractivity contribution in [3.63, 3.8) is 0 Å². The van der Waals surface area contributed by atoms with Gasteiger partial charge in [0.05, 0.1) is 40.7 Å².